The van der Waals surface area contributed by atoms with Gasteiger partial charge in [-0.15, -0.1) is 12.4 Å². The van der Waals surface area contributed by atoms with E-state index in [1.165, 1.54) is 0 Å². The molecule has 3 fully saturated rings. The molecular weight excluding hydrogens is 616 g/mol. The smallest absolute Gasteiger partial charge is 0.248 e. The molecule has 3 N–H and O–H groups in total. The molecule has 248 valence electrons. The van der Waals surface area contributed by atoms with Crippen molar-refractivity contribution in [2.75, 3.05) is 30.6 Å². The minimum Gasteiger partial charge on any atom is -0.457 e. The van der Waals surface area contributed by atoms with E-state index in [2.05, 4.69) is 21.9 Å². The Morgan fingerprint density at radius 3 is 2.18 bits per heavy atom. The first-order valence-electron chi connectivity index (χ1n) is 16.0. The van der Waals surface area contributed by atoms with Gasteiger partial charge in [0, 0.05) is 31.9 Å². The van der Waals surface area contributed by atoms with Crippen LogP contribution in [0.25, 0.3) is 0 Å². The highest BCUT2D eigenvalue weighted by molar-refractivity contribution is 7.92. The van der Waals surface area contributed by atoms with Crippen LogP contribution in [-0.4, -0.2) is 78.7 Å². The number of aliphatic hydroxyl groups is 1. The summed E-state index contributed by atoms with van der Waals surface area (Å²) in [6.07, 6.45) is 8.24. The van der Waals surface area contributed by atoms with Crippen molar-refractivity contribution in [3.05, 3.63) is 54.1 Å². The molecule has 1 spiro atoms. The number of halogens is 1. The Morgan fingerprint density at radius 2 is 1.60 bits per heavy atom. The number of likely N-dealkylation sites (tertiary alicyclic amines) is 1. The Labute approximate surface area is 273 Å². The SMILES string of the molecule is CCCCN1C(=O)[C@@H]([C@H](O)C2CCCCC2)NC(=O)C12CCN(Cc1ccc(Oc3ccc(NS(C)(=O)=O)cc3)cc1)CC2.Cl. The molecule has 12 heteroatoms. The van der Waals surface area contributed by atoms with Crippen molar-refractivity contribution in [1.29, 1.82) is 0 Å². The lowest BCUT2D eigenvalue weighted by Crippen LogP contribution is -2.75. The molecule has 2 amide bonds. The first-order chi connectivity index (χ1) is 21.1. The van der Waals surface area contributed by atoms with Crippen molar-refractivity contribution < 1.29 is 27.9 Å². The van der Waals surface area contributed by atoms with Gasteiger partial charge in [-0.2, -0.15) is 0 Å². The third-order valence-corrected chi connectivity index (χ3v) is 9.98. The molecule has 5 rings (SSSR count). The van der Waals surface area contributed by atoms with Gasteiger partial charge in [0.1, 0.15) is 23.1 Å². The Hall–Kier alpha value is -2.86. The Morgan fingerprint density at radius 1 is 1.00 bits per heavy atom. The Kier molecular flexibility index (Phi) is 11.8. The molecule has 3 aliphatic rings. The summed E-state index contributed by atoms with van der Waals surface area (Å²) < 4.78 is 31.2. The fraction of sp³-hybridized carbons (Fsp3) is 0.576. The molecule has 1 aliphatic carbocycles. The first kappa shape index (κ1) is 35.0. The van der Waals surface area contributed by atoms with E-state index < -0.39 is 27.7 Å². The molecule has 1 saturated carbocycles. The van der Waals surface area contributed by atoms with Gasteiger partial charge in [0.25, 0.3) is 0 Å². The fourth-order valence-corrected chi connectivity index (χ4v) is 7.46. The van der Waals surface area contributed by atoms with Crippen LogP contribution in [0.1, 0.15) is 70.3 Å². The van der Waals surface area contributed by atoms with E-state index >= 15 is 0 Å². The van der Waals surface area contributed by atoms with Gasteiger partial charge in [-0.25, -0.2) is 8.42 Å². The Bertz CT molecular complexity index is 1390. The number of nitrogens with zero attached hydrogens (tertiary/aromatic N) is 2. The lowest BCUT2D eigenvalue weighted by molar-refractivity contribution is -0.166. The van der Waals surface area contributed by atoms with E-state index in [4.69, 9.17) is 4.74 Å². The van der Waals surface area contributed by atoms with Crippen molar-refractivity contribution in [3.8, 4) is 11.5 Å². The van der Waals surface area contributed by atoms with Crippen LogP contribution in [0.2, 0.25) is 0 Å². The lowest BCUT2D eigenvalue weighted by Gasteiger charge is -2.52. The van der Waals surface area contributed by atoms with Crippen LogP contribution in [0, 0.1) is 5.92 Å². The second-order valence-electron chi connectivity index (χ2n) is 12.6. The molecular formula is C33H47ClN4O6S. The number of aliphatic hydroxyl groups excluding tert-OH is 1. The van der Waals surface area contributed by atoms with Gasteiger partial charge in [0.15, 0.2) is 0 Å². The van der Waals surface area contributed by atoms with E-state index in [0.717, 1.165) is 63.3 Å². The maximum absolute atomic E-state index is 13.8. The van der Waals surface area contributed by atoms with Crippen LogP contribution < -0.4 is 14.8 Å². The van der Waals surface area contributed by atoms with E-state index in [-0.39, 0.29) is 30.1 Å². The van der Waals surface area contributed by atoms with Crippen LogP contribution in [0.15, 0.2) is 48.5 Å². The predicted octanol–water partition coefficient (Wildman–Crippen LogP) is 4.68. The largest absolute Gasteiger partial charge is 0.457 e. The van der Waals surface area contributed by atoms with Crippen LogP contribution in [-0.2, 0) is 26.2 Å². The molecule has 2 heterocycles. The maximum Gasteiger partial charge on any atom is 0.248 e. The minimum atomic E-state index is -3.34. The topological polar surface area (TPSA) is 128 Å². The number of amides is 2. The molecule has 2 aromatic rings. The number of anilines is 1. The van der Waals surface area contributed by atoms with Crippen LogP contribution >= 0.6 is 12.4 Å². The number of unbranched alkanes of at least 4 members (excludes halogenated alkanes) is 1. The quantitative estimate of drug-likeness (QED) is 0.319. The van der Waals surface area contributed by atoms with E-state index in [0.29, 0.717) is 49.7 Å². The number of rotatable bonds is 11. The molecule has 2 saturated heterocycles. The summed E-state index contributed by atoms with van der Waals surface area (Å²) in [6.45, 7) is 4.71. The van der Waals surface area contributed by atoms with Crippen molar-refractivity contribution in [1.82, 2.24) is 15.1 Å². The molecule has 0 unspecified atom stereocenters. The number of hydrogen-bond acceptors (Lipinski definition) is 7. The molecule has 0 aromatic heterocycles. The summed E-state index contributed by atoms with van der Waals surface area (Å²) in [7, 11) is -3.34. The number of ether oxygens (including phenoxy) is 1. The van der Waals surface area contributed by atoms with Gasteiger partial charge in [-0.05, 0) is 80.0 Å². The van der Waals surface area contributed by atoms with Gasteiger partial charge < -0.3 is 20.1 Å². The van der Waals surface area contributed by atoms with Gasteiger partial charge in [-0.1, -0.05) is 44.7 Å². The summed E-state index contributed by atoms with van der Waals surface area (Å²) in [4.78, 5) is 31.7. The second kappa shape index (κ2) is 15.2. The highest BCUT2D eigenvalue weighted by Gasteiger charge is 2.55. The zero-order valence-electron chi connectivity index (χ0n) is 26.2. The highest BCUT2D eigenvalue weighted by Crippen LogP contribution is 2.36. The normalized spacial score (nSPS) is 21.6. The van der Waals surface area contributed by atoms with Gasteiger partial charge in [0.2, 0.25) is 21.8 Å². The van der Waals surface area contributed by atoms with Crippen LogP contribution in [0.3, 0.4) is 0 Å². The van der Waals surface area contributed by atoms with Gasteiger partial charge in [0.05, 0.1) is 12.4 Å². The van der Waals surface area contributed by atoms with Gasteiger partial charge in [-0.3, -0.25) is 19.2 Å². The second-order valence-corrected chi connectivity index (χ2v) is 14.4. The zero-order chi connectivity index (χ0) is 31.3. The third-order valence-electron chi connectivity index (χ3n) is 9.37. The molecule has 0 bridgehead atoms. The number of hydrogen-bond donors (Lipinski definition) is 3. The predicted molar refractivity (Wildman–Crippen MR) is 177 cm³/mol. The number of nitrogens with one attached hydrogen (secondary N) is 2. The zero-order valence-corrected chi connectivity index (χ0v) is 27.9. The molecule has 2 atom stereocenters. The minimum absolute atomic E-state index is 0. The first-order valence-corrected chi connectivity index (χ1v) is 17.8. The molecule has 2 aromatic carbocycles. The fourth-order valence-electron chi connectivity index (χ4n) is 6.90. The van der Waals surface area contributed by atoms with Gasteiger partial charge >= 0.3 is 0 Å². The average molecular weight is 663 g/mol. The maximum atomic E-state index is 13.8. The van der Waals surface area contributed by atoms with Crippen LogP contribution in [0.5, 0.6) is 11.5 Å². The van der Waals surface area contributed by atoms with Crippen LogP contribution in [0.4, 0.5) is 5.69 Å². The number of piperazine rings is 1. The summed E-state index contributed by atoms with van der Waals surface area (Å²) >= 11 is 0. The lowest BCUT2D eigenvalue weighted by atomic mass is 9.78. The van der Waals surface area contributed by atoms with Crippen molar-refractivity contribution in [2.45, 2.75) is 88.9 Å². The molecule has 0 radical (unpaired) electrons. The molecule has 10 nitrogen and oxygen atoms in total. The molecule has 45 heavy (non-hydrogen) atoms. The monoisotopic (exact) mass is 662 g/mol. The average Bonchev–Trinajstić information content (AvgIpc) is 3.01. The molecule has 2 aliphatic heterocycles. The van der Waals surface area contributed by atoms with E-state index in [1.807, 2.05) is 29.2 Å². The van der Waals surface area contributed by atoms with Crippen molar-refractivity contribution in [2.24, 2.45) is 5.92 Å². The number of carbonyl (C=O) groups excluding carboxylic acids is 2. The summed E-state index contributed by atoms with van der Waals surface area (Å²) in [5, 5.41) is 14.2. The van der Waals surface area contributed by atoms with Crippen molar-refractivity contribution in [3.63, 3.8) is 0 Å². The standard InChI is InChI=1S/C33H46N4O6S.ClH/c1-3-4-20-37-31(39)29(30(38)25-8-6-5-7-9-25)34-32(40)33(37)18-21-36(22-19-33)23-24-10-14-27(15-11-24)43-28-16-12-26(13-17-28)35-44(2,41)42;/h10-17,25,29-30,35,38H,3-9,18-23H2,1-2H3,(H,34,40);1H/t29-,30-;/m1./s1. The number of piperidine rings is 1. The third kappa shape index (κ3) is 8.49. The number of sulfonamides is 1. The van der Waals surface area contributed by atoms with E-state index in [1.54, 1.807) is 24.3 Å². The summed E-state index contributed by atoms with van der Waals surface area (Å²) in [5.41, 5.74) is 0.720. The summed E-state index contributed by atoms with van der Waals surface area (Å²) in [5.74, 6) is 1.09. The number of benzene rings is 2. The summed E-state index contributed by atoms with van der Waals surface area (Å²) in [6, 6.07) is 13.7. The van der Waals surface area contributed by atoms with Crippen molar-refractivity contribution >= 4 is 39.9 Å². The highest BCUT2D eigenvalue weighted by atomic mass is 35.5. The Balaban J connectivity index is 0.00000461. The van der Waals surface area contributed by atoms with E-state index in [9.17, 15) is 23.1 Å². The number of carbonyl (C=O) groups is 2.